The molecule has 0 atom stereocenters. The second-order valence-electron chi connectivity index (χ2n) is 5.79. The first-order valence-corrected chi connectivity index (χ1v) is 10.4. The number of aryl methyl sites for hydroxylation is 1. The SMILES string of the molecule is Cc1cc(-c2cccs2)nn1CCNS(=O)(=O)c1ccc(OC(F)(F)F)cc1. The lowest BCUT2D eigenvalue weighted by Gasteiger charge is -2.10. The maximum Gasteiger partial charge on any atom is 0.573 e. The molecule has 0 fully saturated rings. The standard InChI is InChI=1S/C17H16F3N3O3S2/c1-12-11-15(16-3-2-10-27-16)22-23(12)9-8-21-28(24,25)14-6-4-13(5-7-14)26-17(18,19)20/h2-7,10-11,21H,8-9H2,1H3. The molecule has 0 saturated carbocycles. The minimum Gasteiger partial charge on any atom is -0.406 e. The molecule has 11 heteroatoms. The average Bonchev–Trinajstić information content (AvgIpc) is 3.24. The van der Waals surface area contributed by atoms with E-state index >= 15 is 0 Å². The fraction of sp³-hybridized carbons (Fsp3) is 0.235. The van der Waals surface area contributed by atoms with E-state index in [2.05, 4.69) is 14.6 Å². The van der Waals surface area contributed by atoms with Crippen LogP contribution >= 0.6 is 11.3 Å². The van der Waals surface area contributed by atoms with Gasteiger partial charge in [-0.15, -0.1) is 24.5 Å². The van der Waals surface area contributed by atoms with Gasteiger partial charge in [-0.2, -0.15) is 5.10 Å². The molecule has 3 rings (SSSR count). The molecule has 0 unspecified atom stereocenters. The number of hydrogen-bond acceptors (Lipinski definition) is 5. The molecule has 1 aromatic carbocycles. The highest BCUT2D eigenvalue weighted by Crippen LogP contribution is 2.25. The summed E-state index contributed by atoms with van der Waals surface area (Å²) in [6, 6.07) is 9.80. The molecule has 0 aliphatic heterocycles. The van der Waals surface area contributed by atoms with E-state index < -0.39 is 22.1 Å². The van der Waals surface area contributed by atoms with E-state index in [0.29, 0.717) is 6.54 Å². The quantitative estimate of drug-likeness (QED) is 0.618. The summed E-state index contributed by atoms with van der Waals surface area (Å²) in [4.78, 5) is 0.863. The number of halogens is 3. The molecule has 1 N–H and O–H groups in total. The minimum absolute atomic E-state index is 0.0789. The Labute approximate surface area is 163 Å². The van der Waals surface area contributed by atoms with Gasteiger partial charge in [0, 0.05) is 12.2 Å². The highest BCUT2D eigenvalue weighted by Gasteiger charge is 2.31. The number of alkyl halides is 3. The van der Waals surface area contributed by atoms with Crippen molar-refractivity contribution in [1.29, 1.82) is 0 Å². The van der Waals surface area contributed by atoms with Crippen molar-refractivity contribution in [2.24, 2.45) is 0 Å². The summed E-state index contributed by atoms with van der Waals surface area (Å²) in [5.74, 6) is -0.486. The number of aromatic nitrogens is 2. The van der Waals surface area contributed by atoms with E-state index in [1.165, 1.54) is 0 Å². The highest BCUT2D eigenvalue weighted by molar-refractivity contribution is 7.89. The lowest BCUT2D eigenvalue weighted by Crippen LogP contribution is -2.28. The Kier molecular flexibility index (Phi) is 5.77. The van der Waals surface area contributed by atoms with Crippen LogP contribution in [0.3, 0.4) is 0 Å². The van der Waals surface area contributed by atoms with Gasteiger partial charge in [0.2, 0.25) is 10.0 Å². The smallest absolute Gasteiger partial charge is 0.406 e. The maximum atomic E-state index is 12.3. The first kappa shape index (κ1) is 20.4. The maximum absolute atomic E-state index is 12.3. The van der Waals surface area contributed by atoms with Crippen molar-refractivity contribution in [1.82, 2.24) is 14.5 Å². The minimum atomic E-state index is -4.83. The summed E-state index contributed by atoms with van der Waals surface area (Å²) in [7, 11) is -3.87. The fourth-order valence-electron chi connectivity index (χ4n) is 2.47. The Bertz CT molecular complexity index is 1030. The molecule has 6 nitrogen and oxygen atoms in total. The van der Waals surface area contributed by atoms with Crippen LogP contribution in [0.25, 0.3) is 10.6 Å². The van der Waals surface area contributed by atoms with Crippen LogP contribution in [0.5, 0.6) is 5.75 Å². The van der Waals surface area contributed by atoms with Gasteiger partial charge < -0.3 is 4.74 Å². The third-order valence-electron chi connectivity index (χ3n) is 3.74. The van der Waals surface area contributed by atoms with Gasteiger partial charge in [0.25, 0.3) is 0 Å². The topological polar surface area (TPSA) is 73.2 Å². The molecular weight excluding hydrogens is 415 g/mol. The Hall–Kier alpha value is -2.37. The normalized spacial score (nSPS) is 12.3. The van der Waals surface area contributed by atoms with Crippen molar-refractivity contribution in [3.63, 3.8) is 0 Å². The zero-order valence-electron chi connectivity index (χ0n) is 14.6. The monoisotopic (exact) mass is 431 g/mol. The summed E-state index contributed by atoms with van der Waals surface area (Å²) in [5, 5.41) is 6.41. The highest BCUT2D eigenvalue weighted by atomic mass is 32.2. The molecular formula is C17H16F3N3O3S2. The van der Waals surface area contributed by atoms with Crippen molar-refractivity contribution in [3.8, 4) is 16.3 Å². The van der Waals surface area contributed by atoms with Gasteiger partial charge in [-0.3, -0.25) is 4.68 Å². The molecule has 0 amide bonds. The van der Waals surface area contributed by atoms with Gasteiger partial charge in [0.05, 0.1) is 16.3 Å². The molecule has 28 heavy (non-hydrogen) atoms. The number of thiophene rings is 1. The summed E-state index contributed by atoms with van der Waals surface area (Å²) >= 11 is 1.56. The summed E-state index contributed by atoms with van der Waals surface area (Å²) in [6.45, 7) is 2.26. The van der Waals surface area contributed by atoms with Crippen molar-refractivity contribution in [2.45, 2.75) is 24.7 Å². The lowest BCUT2D eigenvalue weighted by molar-refractivity contribution is -0.274. The lowest BCUT2D eigenvalue weighted by atomic mass is 10.3. The summed E-state index contributed by atoms with van der Waals surface area (Å²) < 4.78 is 68.9. The first-order chi connectivity index (χ1) is 13.1. The summed E-state index contributed by atoms with van der Waals surface area (Å²) in [6.07, 6.45) is -4.83. The van der Waals surface area contributed by atoms with Gasteiger partial charge >= 0.3 is 6.36 Å². The van der Waals surface area contributed by atoms with Crippen LogP contribution in [-0.4, -0.2) is 31.1 Å². The number of nitrogens with zero attached hydrogens (tertiary/aromatic N) is 2. The second kappa shape index (κ2) is 7.94. The third kappa shape index (κ3) is 5.12. The molecule has 0 aliphatic carbocycles. The molecule has 0 radical (unpaired) electrons. The van der Waals surface area contributed by atoms with Crippen LogP contribution in [-0.2, 0) is 16.6 Å². The van der Waals surface area contributed by atoms with Gasteiger partial charge in [0.15, 0.2) is 0 Å². The van der Waals surface area contributed by atoms with E-state index in [9.17, 15) is 21.6 Å². The largest absolute Gasteiger partial charge is 0.573 e. The Morgan fingerprint density at radius 3 is 2.54 bits per heavy atom. The molecule has 0 saturated heterocycles. The number of benzene rings is 1. The van der Waals surface area contributed by atoms with Crippen LogP contribution in [0, 0.1) is 6.92 Å². The molecule has 150 valence electrons. The van der Waals surface area contributed by atoms with E-state index in [0.717, 1.165) is 40.5 Å². The van der Waals surface area contributed by atoms with E-state index in [4.69, 9.17) is 0 Å². The predicted molar refractivity (Wildman–Crippen MR) is 98.6 cm³/mol. The Morgan fingerprint density at radius 1 is 1.21 bits per heavy atom. The van der Waals surface area contributed by atoms with Crippen LogP contribution in [0.4, 0.5) is 13.2 Å². The van der Waals surface area contributed by atoms with Gasteiger partial charge in [-0.1, -0.05) is 6.07 Å². The summed E-state index contributed by atoms with van der Waals surface area (Å²) in [5.41, 5.74) is 1.70. The van der Waals surface area contributed by atoms with Crippen molar-refractivity contribution >= 4 is 21.4 Å². The molecule has 0 bridgehead atoms. The number of rotatable bonds is 7. The van der Waals surface area contributed by atoms with Gasteiger partial charge in [0.1, 0.15) is 11.4 Å². The van der Waals surface area contributed by atoms with Crippen LogP contribution in [0.1, 0.15) is 5.69 Å². The van der Waals surface area contributed by atoms with Gasteiger partial charge in [-0.25, -0.2) is 13.1 Å². The first-order valence-electron chi connectivity index (χ1n) is 8.08. The second-order valence-corrected chi connectivity index (χ2v) is 8.50. The molecule has 0 aliphatic rings. The van der Waals surface area contributed by atoms with Crippen molar-refractivity contribution < 1.29 is 26.3 Å². The zero-order valence-corrected chi connectivity index (χ0v) is 16.2. The number of ether oxygens (including phenoxy) is 1. The molecule has 2 heterocycles. The number of sulfonamides is 1. The van der Waals surface area contributed by atoms with Crippen molar-refractivity contribution in [2.75, 3.05) is 6.54 Å². The zero-order chi connectivity index (χ0) is 20.4. The third-order valence-corrected chi connectivity index (χ3v) is 6.11. The predicted octanol–water partition coefficient (Wildman–Crippen LogP) is 3.80. The number of nitrogens with one attached hydrogen (secondary N) is 1. The van der Waals surface area contributed by atoms with Crippen LogP contribution in [0.2, 0.25) is 0 Å². The van der Waals surface area contributed by atoms with Gasteiger partial charge in [-0.05, 0) is 48.7 Å². The fourth-order valence-corrected chi connectivity index (χ4v) is 4.17. The molecule has 2 aromatic heterocycles. The van der Waals surface area contributed by atoms with Crippen LogP contribution in [0.15, 0.2) is 52.7 Å². The van der Waals surface area contributed by atoms with E-state index in [-0.39, 0.29) is 11.4 Å². The molecule has 3 aromatic rings. The molecule has 0 spiro atoms. The number of hydrogen-bond donors (Lipinski definition) is 1. The Balaban J connectivity index is 1.61. The average molecular weight is 431 g/mol. The van der Waals surface area contributed by atoms with E-state index in [1.807, 2.05) is 30.5 Å². The van der Waals surface area contributed by atoms with E-state index in [1.54, 1.807) is 16.0 Å². The Morgan fingerprint density at radius 2 is 1.93 bits per heavy atom. The van der Waals surface area contributed by atoms with Crippen LogP contribution < -0.4 is 9.46 Å². The van der Waals surface area contributed by atoms with Crippen molar-refractivity contribution in [3.05, 3.63) is 53.5 Å².